The zero-order valence-corrected chi connectivity index (χ0v) is 19.3. The third-order valence-electron chi connectivity index (χ3n) is 4.85. The normalized spacial score (nSPS) is 15.0. The Kier molecular flexibility index (Phi) is 9.24. The van der Waals surface area contributed by atoms with Gasteiger partial charge in [-0.1, -0.05) is 17.7 Å². The van der Waals surface area contributed by atoms with Gasteiger partial charge in [-0.3, -0.25) is 9.69 Å². The molecule has 1 aliphatic rings. The van der Waals surface area contributed by atoms with Crippen LogP contribution in [0.3, 0.4) is 0 Å². The molecule has 1 aliphatic heterocycles. The summed E-state index contributed by atoms with van der Waals surface area (Å²) in [6.07, 6.45) is 1.71. The Labute approximate surface area is 184 Å². The number of rotatable bonds is 8. The topological polar surface area (TPSA) is 71.1 Å². The number of carbonyl (C=O) groups excluding carboxylic acids is 2. The molecule has 1 heterocycles. The van der Waals surface area contributed by atoms with E-state index in [1.807, 2.05) is 39.0 Å². The van der Waals surface area contributed by atoms with Gasteiger partial charge >= 0.3 is 6.09 Å². The number of amides is 2. The molecule has 0 aromatic heterocycles. The van der Waals surface area contributed by atoms with Crippen LogP contribution in [0, 0.1) is 0 Å². The summed E-state index contributed by atoms with van der Waals surface area (Å²) in [4.78, 5) is 28.2. The van der Waals surface area contributed by atoms with E-state index in [-0.39, 0.29) is 12.0 Å². The fraction of sp³-hybridized carbons (Fsp3) is 0.636. The summed E-state index contributed by atoms with van der Waals surface area (Å²) in [5.74, 6) is 0.675. The molecule has 0 saturated carbocycles. The van der Waals surface area contributed by atoms with Crippen molar-refractivity contribution in [1.29, 1.82) is 0 Å². The Morgan fingerprint density at radius 2 is 1.87 bits per heavy atom. The van der Waals surface area contributed by atoms with Gasteiger partial charge in [0, 0.05) is 39.1 Å². The first-order valence-corrected chi connectivity index (χ1v) is 10.8. The van der Waals surface area contributed by atoms with Crippen LogP contribution in [0.2, 0.25) is 5.02 Å². The molecule has 1 aromatic carbocycles. The second-order valence-electron chi connectivity index (χ2n) is 8.48. The first kappa shape index (κ1) is 24.3. The third-order valence-corrected chi connectivity index (χ3v) is 5.15. The molecule has 1 fully saturated rings. The fourth-order valence-corrected chi connectivity index (χ4v) is 3.50. The molecule has 0 spiro atoms. The van der Waals surface area contributed by atoms with Crippen LogP contribution in [0.1, 0.15) is 39.2 Å². The molecule has 1 N–H and O–H groups in total. The molecule has 168 valence electrons. The van der Waals surface area contributed by atoms with Crippen molar-refractivity contribution < 1.29 is 19.1 Å². The van der Waals surface area contributed by atoms with Crippen molar-refractivity contribution in [3.63, 3.8) is 0 Å². The van der Waals surface area contributed by atoms with Gasteiger partial charge in [0.15, 0.2) is 0 Å². The molecule has 0 aliphatic carbocycles. The summed E-state index contributed by atoms with van der Waals surface area (Å²) in [6.45, 7) is 10.2. The van der Waals surface area contributed by atoms with Crippen molar-refractivity contribution in [3.05, 3.63) is 28.8 Å². The Hall–Kier alpha value is -1.99. The number of hydrogen-bond acceptors (Lipinski definition) is 5. The zero-order chi connectivity index (χ0) is 22.1. The maximum atomic E-state index is 12.1. The number of aryl methyl sites for hydroxylation is 1. The van der Waals surface area contributed by atoms with Crippen molar-refractivity contribution >= 4 is 23.6 Å². The Morgan fingerprint density at radius 3 is 2.47 bits per heavy atom. The van der Waals surface area contributed by atoms with Crippen LogP contribution in [0.15, 0.2) is 18.2 Å². The SMILES string of the molecule is COc1ccc(CCC(=O)NCCCN2CCN(C(=O)OC(C)(C)C)CC2)cc1Cl. The standard InChI is InChI=1S/C22H34ClN3O4/c1-22(2,3)30-21(28)26-14-12-25(13-15-26)11-5-10-24-20(27)9-7-17-6-8-19(29-4)18(23)16-17/h6,8,16H,5,7,9-15H2,1-4H3,(H,24,27). The van der Waals surface area contributed by atoms with Gasteiger partial charge in [0.05, 0.1) is 12.1 Å². The van der Waals surface area contributed by atoms with E-state index in [1.54, 1.807) is 12.0 Å². The number of benzene rings is 1. The average Bonchev–Trinajstić information content (AvgIpc) is 2.69. The average molecular weight is 440 g/mol. The van der Waals surface area contributed by atoms with Crippen LogP contribution in [0.5, 0.6) is 5.75 Å². The monoisotopic (exact) mass is 439 g/mol. The van der Waals surface area contributed by atoms with Crippen molar-refractivity contribution in [1.82, 2.24) is 15.1 Å². The molecule has 0 atom stereocenters. The minimum Gasteiger partial charge on any atom is -0.495 e. The summed E-state index contributed by atoms with van der Waals surface area (Å²) in [6, 6.07) is 5.58. The van der Waals surface area contributed by atoms with Crippen LogP contribution in [0.25, 0.3) is 0 Å². The second-order valence-corrected chi connectivity index (χ2v) is 8.89. The lowest BCUT2D eigenvalue weighted by molar-refractivity contribution is -0.121. The number of nitrogens with zero attached hydrogens (tertiary/aromatic N) is 2. The van der Waals surface area contributed by atoms with E-state index in [9.17, 15) is 9.59 Å². The van der Waals surface area contributed by atoms with E-state index in [0.717, 1.165) is 31.6 Å². The fourth-order valence-electron chi connectivity index (χ4n) is 3.22. The smallest absolute Gasteiger partial charge is 0.410 e. The van der Waals surface area contributed by atoms with Crippen LogP contribution < -0.4 is 10.1 Å². The molecule has 0 radical (unpaired) electrons. The Bertz CT molecular complexity index is 713. The first-order chi connectivity index (χ1) is 14.2. The highest BCUT2D eigenvalue weighted by Gasteiger charge is 2.25. The molecule has 0 unspecified atom stereocenters. The molecule has 30 heavy (non-hydrogen) atoms. The number of halogens is 1. The summed E-state index contributed by atoms with van der Waals surface area (Å²) in [7, 11) is 1.58. The Morgan fingerprint density at radius 1 is 1.17 bits per heavy atom. The van der Waals surface area contributed by atoms with Gasteiger partial charge in [-0.15, -0.1) is 0 Å². The third kappa shape index (κ3) is 8.40. The van der Waals surface area contributed by atoms with Crippen LogP contribution in [-0.4, -0.2) is 73.8 Å². The van der Waals surface area contributed by atoms with E-state index in [2.05, 4.69) is 10.2 Å². The van der Waals surface area contributed by atoms with Crippen molar-refractivity contribution in [2.24, 2.45) is 0 Å². The minimum absolute atomic E-state index is 0.0386. The van der Waals surface area contributed by atoms with E-state index in [1.165, 1.54) is 0 Å². The number of piperazine rings is 1. The largest absolute Gasteiger partial charge is 0.495 e. The van der Waals surface area contributed by atoms with Gasteiger partial charge in [0.25, 0.3) is 0 Å². The molecule has 1 aromatic rings. The highest BCUT2D eigenvalue weighted by Crippen LogP contribution is 2.25. The molecular weight excluding hydrogens is 406 g/mol. The second kappa shape index (κ2) is 11.4. The molecule has 2 amide bonds. The van der Waals surface area contributed by atoms with Crippen molar-refractivity contribution in [3.8, 4) is 5.75 Å². The number of nitrogens with one attached hydrogen (secondary N) is 1. The molecular formula is C22H34ClN3O4. The van der Waals surface area contributed by atoms with E-state index >= 15 is 0 Å². The molecule has 8 heteroatoms. The van der Waals surface area contributed by atoms with Crippen molar-refractivity contribution in [2.75, 3.05) is 46.4 Å². The van der Waals surface area contributed by atoms with Gasteiger partial charge in [0.2, 0.25) is 5.91 Å². The maximum absolute atomic E-state index is 12.1. The van der Waals surface area contributed by atoms with E-state index in [0.29, 0.717) is 43.2 Å². The molecule has 2 rings (SSSR count). The Balaban J connectivity index is 1.58. The van der Waals surface area contributed by atoms with Gasteiger partial charge in [-0.25, -0.2) is 4.79 Å². The van der Waals surface area contributed by atoms with Gasteiger partial charge in [-0.2, -0.15) is 0 Å². The summed E-state index contributed by atoms with van der Waals surface area (Å²) >= 11 is 6.12. The molecule has 1 saturated heterocycles. The lowest BCUT2D eigenvalue weighted by Crippen LogP contribution is -2.50. The summed E-state index contributed by atoms with van der Waals surface area (Å²) in [5, 5.41) is 3.53. The molecule has 0 bridgehead atoms. The highest BCUT2D eigenvalue weighted by molar-refractivity contribution is 6.32. The van der Waals surface area contributed by atoms with Gasteiger partial charge < -0.3 is 19.7 Å². The minimum atomic E-state index is -0.466. The lowest BCUT2D eigenvalue weighted by atomic mass is 10.1. The van der Waals surface area contributed by atoms with E-state index in [4.69, 9.17) is 21.1 Å². The highest BCUT2D eigenvalue weighted by atomic mass is 35.5. The number of hydrogen-bond donors (Lipinski definition) is 1. The first-order valence-electron chi connectivity index (χ1n) is 10.5. The van der Waals surface area contributed by atoms with Crippen LogP contribution in [-0.2, 0) is 16.0 Å². The van der Waals surface area contributed by atoms with Gasteiger partial charge in [-0.05, 0) is 57.9 Å². The number of carbonyl (C=O) groups is 2. The molecule has 7 nitrogen and oxygen atoms in total. The quantitative estimate of drug-likeness (QED) is 0.629. The lowest BCUT2D eigenvalue weighted by Gasteiger charge is -2.35. The van der Waals surface area contributed by atoms with Gasteiger partial charge in [0.1, 0.15) is 11.4 Å². The predicted octanol–water partition coefficient (Wildman–Crippen LogP) is 3.34. The zero-order valence-electron chi connectivity index (χ0n) is 18.5. The van der Waals surface area contributed by atoms with Crippen LogP contribution in [0.4, 0.5) is 4.79 Å². The number of ether oxygens (including phenoxy) is 2. The summed E-state index contributed by atoms with van der Waals surface area (Å²) in [5.41, 5.74) is 0.547. The predicted molar refractivity (Wildman–Crippen MR) is 118 cm³/mol. The van der Waals surface area contributed by atoms with Crippen LogP contribution >= 0.6 is 11.6 Å². The van der Waals surface area contributed by atoms with E-state index < -0.39 is 5.60 Å². The summed E-state index contributed by atoms with van der Waals surface area (Å²) < 4.78 is 10.6. The number of methoxy groups -OCH3 is 1. The maximum Gasteiger partial charge on any atom is 0.410 e. The van der Waals surface area contributed by atoms with Crippen molar-refractivity contribution in [2.45, 2.75) is 45.6 Å².